The Morgan fingerprint density at radius 1 is 1.41 bits per heavy atom. The van der Waals surface area contributed by atoms with Crippen LogP contribution in [0.15, 0.2) is 23.1 Å². The highest BCUT2D eigenvalue weighted by Crippen LogP contribution is 2.20. The van der Waals surface area contributed by atoms with E-state index in [-0.39, 0.29) is 18.0 Å². The van der Waals surface area contributed by atoms with Crippen LogP contribution in [0.4, 0.5) is 4.39 Å². The average molecular weight is 328 g/mol. The van der Waals surface area contributed by atoms with Gasteiger partial charge in [0.05, 0.1) is 10.5 Å². The highest BCUT2D eigenvalue weighted by atomic mass is 32.2. The number of nitrogens with zero attached hydrogens (tertiary/aromatic N) is 2. The normalized spacial score (nSPS) is 12.7. The summed E-state index contributed by atoms with van der Waals surface area (Å²) in [6.45, 7) is 5.18. The van der Waals surface area contributed by atoms with Gasteiger partial charge in [-0.3, -0.25) is 0 Å². The second-order valence-electron chi connectivity index (χ2n) is 4.41. The Hall–Kier alpha value is -1.98. The van der Waals surface area contributed by atoms with Crippen molar-refractivity contribution in [3.63, 3.8) is 0 Å². The fraction of sp³-hybridized carbons (Fsp3) is 0.429. The van der Waals surface area contributed by atoms with Crippen molar-refractivity contribution in [3.05, 3.63) is 29.6 Å². The molecule has 0 bridgehead atoms. The van der Waals surface area contributed by atoms with Gasteiger partial charge in [-0.1, -0.05) is 13.8 Å². The van der Waals surface area contributed by atoms with Crippen LogP contribution in [0.5, 0.6) is 0 Å². The zero-order valence-electron chi connectivity index (χ0n) is 12.5. The van der Waals surface area contributed by atoms with Gasteiger partial charge in [0.1, 0.15) is 11.9 Å². The van der Waals surface area contributed by atoms with Crippen LogP contribution in [-0.2, 0) is 14.8 Å². The molecule has 0 fully saturated rings. The maximum atomic E-state index is 13.7. The van der Waals surface area contributed by atoms with E-state index in [2.05, 4.69) is 0 Å². The van der Waals surface area contributed by atoms with Crippen molar-refractivity contribution in [2.75, 3.05) is 13.1 Å². The Balaban J connectivity index is 3.26. The molecule has 8 heteroatoms. The van der Waals surface area contributed by atoms with E-state index >= 15 is 0 Å². The van der Waals surface area contributed by atoms with E-state index in [1.807, 2.05) is 0 Å². The summed E-state index contributed by atoms with van der Waals surface area (Å²) in [7, 11) is -3.81. The van der Waals surface area contributed by atoms with Gasteiger partial charge in [-0.15, -0.1) is 0 Å². The maximum Gasteiger partial charge on any atom is 0.342 e. The molecule has 1 aromatic carbocycles. The van der Waals surface area contributed by atoms with Gasteiger partial charge in [0.15, 0.2) is 6.10 Å². The first-order valence-electron chi connectivity index (χ1n) is 6.68. The fourth-order valence-corrected chi connectivity index (χ4v) is 3.27. The molecule has 0 unspecified atom stereocenters. The summed E-state index contributed by atoms with van der Waals surface area (Å²) in [6.07, 6.45) is -1.06. The number of carbonyl (C=O) groups is 1. The predicted molar refractivity (Wildman–Crippen MR) is 77.0 cm³/mol. The molecule has 0 spiro atoms. The molecule has 1 aromatic rings. The number of benzene rings is 1. The molecule has 0 aromatic heterocycles. The Morgan fingerprint density at radius 2 is 2.00 bits per heavy atom. The van der Waals surface area contributed by atoms with E-state index in [0.717, 1.165) is 18.2 Å². The molecule has 0 aliphatic carbocycles. The third-order valence-corrected chi connectivity index (χ3v) is 5.01. The van der Waals surface area contributed by atoms with Crippen LogP contribution in [0.1, 0.15) is 31.1 Å². The molecule has 6 nitrogen and oxygen atoms in total. The maximum absolute atomic E-state index is 13.7. The third-order valence-electron chi connectivity index (χ3n) is 2.97. The van der Waals surface area contributed by atoms with Crippen molar-refractivity contribution in [1.29, 1.82) is 5.26 Å². The van der Waals surface area contributed by atoms with Crippen LogP contribution < -0.4 is 0 Å². The third kappa shape index (κ3) is 3.81. The number of nitriles is 1. The van der Waals surface area contributed by atoms with Gasteiger partial charge < -0.3 is 4.74 Å². The molecule has 22 heavy (non-hydrogen) atoms. The Morgan fingerprint density at radius 3 is 2.50 bits per heavy atom. The highest BCUT2D eigenvalue weighted by Gasteiger charge is 2.25. The van der Waals surface area contributed by atoms with E-state index in [4.69, 9.17) is 10.00 Å². The molecule has 0 aliphatic rings. The smallest absolute Gasteiger partial charge is 0.342 e. The lowest BCUT2D eigenvalue weighted by molar-refractivity contribution is 0.0430. The zero-order chi connectivity index (χ0) is 16.9. The van der Waals surface area contributed by atoms with Crippen molar-refractivity contribution in [2.24, 2.45) is 0 Å². The first kappa shape index (κ1) is 18.1. The van der Waals surface area contributed by atoms with Crippen LogP contribution in [-0.4, -0.2) is 37.9 Å². The molecule has 0 amide bonds. The van der Waals surface area contributed by atoms with Crippen molar-refractivity contribution < 1.29 is 22.3 Å². The number of ether oxygens (including phenoxy) is 1. The molecule has 120 valence electrons. The Kier molecular flexibility index (Phi) is 6.02. The monoisotopic (exact) mass is 328 g/mol. The first-order chi connectivity index (χ1) is 10.3. The van der Waals surface area contributed by atoms with E-state index in [1.54, 1.807) is 19.9 Å². The van der Waals surface area contributed by atoms with E-state index in [1.165, 1.54) is 11.2 Å². The van der Waals surface area contributed by atoms with Gasteiger partial charge in [0.25, 0.3) is 0 Å². The molecule has 0 N–H and O–H groups in total. The van der Waals surface area contributed by atoms with Crippen molar-refractivity contribution in [3.8, 4) is 6.07 Å². The number of halogens is 1. The average Bonchev–Trinajstić information content (AvgIpc) is 2.48. The summed E-state index contributed by atoms with van der Waals surface area (Å²) >= 11 is 0. The molecular weight excluding hydrogens is 311 g/mol. The van der Waals surface area contributed by atoms with Gasteiger partial charge in [-0.25, -0.2) is 17.6 Å². The molecular formula is C14H17FN2O4S. The van der Waals surface area contributed by atoms with Crippen LogP contribution in [0.3, 0.4) is 0 Å². The minimum atomic E-state index is -3.81. The number of hydrogen-bond acceptors (Lipinski definition) is 5. The SMILES string of the molecule is CCN(CC)S(=O)(=O)c1ccc(F)c(C(=O)O[C@@H](C)C#N)c1. The summed E-state index contributed by atoms with van der Waals surface area (Å²) in [5.74, 6) is -1.99. The number of esters is 1. The van der Waals surface area contributed by atoms with Crippen molar-refractivity contribution >= 4 is 16.0 Å². The van der Waals surface area contributed by atoms with Gasteiger partial charge in [0, 0.05) is 13.1 Å². The van der Waals surface area contributed by atoms with Gasteiger partial charge in [-0.2, -0.15) is 9.57 Å². The molecule has 0 heterocycles. The zero-order valence-corrected chi connectivity index (χ0v) is 13.4. The molecule has 1 rings (SSSR count). The van der Waals surface area contributed by atoms with Crippen LogP contribution in [0.2, 0.25) is 0 Å². The quantitative estimate of drug-likeness (QED) is 0.745. The molecule has 0 radical (unpaired) electrons. The summed E-state index contributed by atoms with van der Waals surface area (Å²) in [5.41, 5.74) is -0.518. The van der Waals surface area contributed by atoms with Gasteiger partial charge in [0.2, 0.25) is 10.0 Å². The number of hydrogen-bond donors (Lipinski definition) is 0. The molecule has 0 aliphatic heterocycles. The predicted octanol–water partition coefficient (Wildman–Crippen LogP) is 1.93. The van der Waals surface area contributed by atoms with Gasteiger partial charge in [-0.05, 0) is 25.1 Å². The molecule has 0 saturated heterocycles. The Bertz CT molecular complexity index is 693. The number of carbonyl (C=O) groups excluding carboxylic acids is 1. The van der Waals surface area contributed by atoms with E-state index in [0.29, 0.717) is 0 Å². The minimum Gasteiger partial charge on any atom is -0.444 e. The largest absolute Gasteiger partial charge is 0.444 e. The summed E-state index contributed by atoms with van der Waals surface area (Å²) in [6, 6.07) is 4.58. The highest BCUT2D eigenvalue weighted by molar-refractivity contribution is 7.89. The standard InChI is InChI=1S/C14H17FN2O4S/c1-4-17(5-2)22(19,20)11-6-7-13(15)12(8-11)14(18)21-10(3)9-16/h6-8,10H,4-5H2,1-3H3/t10-/m0/s1. The van der Waals surface area contributed by atoms with Crippen molar-refractivity contribution in [1.82, 2.24) is 4.31 Å². The number of rotatable bonds is 6. The topological polar surface area (TPSA) is 87.5 Å². The fourth-order valence-electron chi connectivity index (χ4n) is 1.78. The van der Waals surface area contributed by atoms with E-state index in [9.17, 15) is 17.6 Å². The number of sulfonamides is 1. The first-order valence-corrected chi connectivity index (χ1v) is 8.12. The summed E-state index contributed by atoms with van der Waals surface area (Å²) in [4.78, 5) is 11.6. The van der Waals surface area contributed by atoms with Crippen molar-refractivity contribution in [2.45, 2.75) is 31.8 Å². The van der Waals surface area contributed by atoms with Crippen LogP contribution in [0.25, 0.3) is 0 Å². The van der Waals surface area contributed by atoms with Gasteiger partial charge >= 0.3 is 5.97 Å². The minimum absolute atomic E-state index is 0.200. The second-order valence-corrected chi connectivity index (χ2v) is 6.35. The molecule has 0 saturated carbocycles. The van der Waals surface area contributed by atoms with Crippen LogP contribution in [0, 0.1) is 17.1 Å². The van der Waals surface area contributed by atoms with Crippen LogP contribution >= 0.6 is 0 Å². The van der Waals surface area contributed by atoms with E-state index < -0.39 is 33.5 Å². The lowest BCUT2D eigenvalue weighted by atomic mass is 10.2. The lowest BCUT2D eigenvalue weighted by Crippen LogP contribution is -2.30. The lowest BCUT2D eigenvalue weighted by Gasteiger charge is -2.18. The molecule has 1 atom stereocenters. The Labute approximate surface area is 129 Å². The summed E-state index contributed by atoms with van der Waals surface area (Å²) in [5, 5.41) is 8.60. The second kappa shape index (κ2) is 7.33. The summed E-state index contributed by atoms with van der Waals surface area (Å²) < 4.78 is 44.3.